The summed E-state index contributed by atoms with van der Waals surface area (Å²) in [6.45, 7) is 13.3. The zero-order valence-electron chi connectivity index (χ0n) is 14.4. The van der Waals surface area contributed by atoms with E-state index in [1.54, 1.807) is 6.26 Å². The average Bonchev–Trinajstić information content (AvgIpc) is 2.60. The fraction of sp³-hybridized carbons (Fsp3) is 0.938. The van der Waals surface area contributed by atoms with Crippen molar-refractivity contribution >= 4 is 18.5 Å². The van der Waals surface area contributed by atoms with Crippen LogP contribution in [-0.2, 0) is 4.79 Å². The highest BCUT2D eigenvalue weighted by Gasteiger charge is 2.28. The Labute approximate surface area is 137 Å². The molecule has 2 aliphatic heterocycles. The molecule has 0 aliphatic carbocycles. The molecule has 0 bridgehead atoms. The number of nitrogens with zero attached hydrogens (tertiary/aromatic N) is 2. The quantitative estimate of drug-likeness (QED) is 0.783. The molecule has 0 aromatic carbocycles. The van der Waals surface area contributed by atoms with Crippen molar-refractivity contribution in [2.24, 2.45) is 5.92 Å². The second-order valence-corrected chi connectivity index (χ2v) is 5.19. The summed E-state index contributed by atoms with van der Waals surface area (Å²) < 4.78 is 0. The first-order valence-electron chi connectivity index (χ1n) is 8.48. The van der Waals surface area contributed by atoms with E-state index in [0.717, 1.165) is 52.1 Å². The minimum atomic E-state index is 0.293. The summed E-state index contributed by atoms with van der Waals surface area (Å²) in [7, 11) is 0. The van der Waals surface area contributed by atoms with Crippen LogP contribution in [0.25, 0.3) is 0 Å². The van der Waals surface area contributed by atoms with Crippen molar-refractivity contribution in [3.63, 3.8) is 0 Å². The average molecular weight is 318 g/mol. The summed E-state index contributed by atoms with van der Waals surface area (Å²) in [5.74, 6) is 0.698. The molecule has 2 aliphatic rings. The highest BCUT2D eigenvalue weighted by Crippen LogP contribution is 2.20. The summed E-state index contributed by atoms with van der Waals surface area (Å²) in [5, 5.41) is 3.29. The Morgan fingerprint density at radius 3 is 2.10 bits per heavy atom. The van der Waals surface area contributed by atoms with Gasteiger partial charge in [0.15, 0.2) is 0 Å². The second-order valence-electron chi connectivity index (χ2n) is 5.19. The van der Waals surface area contributed by atoms with Gasteiger partial charge >= 0.3 is 0 Å². The van der Waals surface area contributed by atoms with Gasteiger partial charge in [0.1, 0.15) is 0 Å². The van der Waals surface area contributed by atoms with Crippen LogP contribution >= 0.6 is 12.6 Å². The van der Waals surface area contributed by atoms with E-state index in [9.17, 15) is 4.79 Å². The number of piperidine rings is 1. The van der Waals surface area contributed by atoms with Crippen LogP contribution in [0.5, 0.6) is 0 Å². The van der Waals surface area contributed by atoms with Gasteiger partial charge in [0.05, 0.1) is 0 Å². The lowest BCUT2D eigenvalue weighted by atomic mass is 9.95. The predicted octanol–water partition coefficient (Wildman–Crippen LogP) is 2.11. The zero-order valence-corrected chi connectivity index (χ0v) is 15.3. The van der Waals surface area contributed by atoms with Crippen LogP contribution in [-0.4, -0.2) is 67.8 Å². The summed E-state index contributed by atoms with van der Waals surface area (Å²) >= 11 is 3.53. The van der Waals surface area contributed by atoms with E-state index in [1.165, 1.54) is 13.0 Å². The van der Waals surface area contributed by atoms with Crippen molar-refractivity contribution in [3.05, 3.63) is 0 Å². The molecule has 5 heteroatoms. The number of nitrogens with one attached hydrogen (secondary N) is 1. The lowest BCUT2D eigenvalue weighted by molar-refractivity contribution is -0.137. The number of rotatable bonds is 3. The van der Waals surface area contributed by atoms with E-state index < -0.39 is 0 Å². The molecule has 0 spiro atoms. The van der Waals surface area contributed by atoms with Crippen molar-refractivity contribution in [1.82, 2.24) is 15.1 Å². The number of likely N-dealkylation sites (tertiary alicyclic amines) is 1. The van der Waals surface area contributed by atoms with Gasteiger partial charge in [-0.1, -0.05) is 20.8 Å². The van der Waals surface area contributed by atoms with Gasteiger partial charge in [-0.25, -0.2) is 0 Å². The molecule has 1 N–H and O–H groups in total. The molecule has 21 heavy (non-hydrogen) atoms. The molecule has 0 unspecified atom stereocenters. The molecule has 126 valence electrons. The smallest absolute Gasteiger partial charge is 0.225 e. The Kier molecular flexibility index (Phi) is 13.2. The van der Waals surface area contributed by atoms with Gasteiger partial charge in [-0.05, 0) is 45.2 Å². The fourth-order valence-corrected chi connectivity index (χ4v) is 2.86. The topological polar surface area (TPSA) is 35.6 Å². The van der Waals surface area contributed by atoms with Crippen molar-refractivity contribution in [3.8, 4) is 0 Å². The van der Waals surface area contributed by atoms with Gasteiger partial charge in [0.25, 0.3) is 0 Å². The molecular formula is C16H35N3OS. The third-order valence-electron chi connectivity index (χ3n) is 3.91. The standard InChI is InChI=1S/C13H25N3O.C2H6.CH4S/c1-2-7-15-8-3-12(4-9-15)13(17)16-10-5-14-6-11-16;2*1-2/h12,14H,2-11H2,1H3;1-2H3;2H,1H3. The number of hydrogen-bond donors (Lipinski definition) is 2. The van der Waals surface area contributed by atoms with Crippen LogP contribution in [0.1, 0.15) is 40.0 Å². The summed E-state index contributed by atoms with van der Waals surface area (Å²) in [6, 6.07) is 0. The van der Waals surface area contributed by atoms with E-state index in [4.69, 9.17) is 0 Å². The van der Waals surface area contributed by atoms with Crippen LogP contribution < -0.4 is 5.32 Å². The third-order valence-corrected chi connectivity index (χ3v) is 3.91. The first-order chi connectivity index (χ1) is 10.3. The number of carbonyl (C=O) groups excluding carboxylic acids is 1. The molecule has 0 radical (unpaired) electrons. The maximum absolute atomic E-state index is 12.3. The zero-order chi connectivity index (χ0) is 16.1. The van der Waals surface area contributed by atoms with E-state index in [0.29, 0.717) is 11.8 Å². The number of piperazine rings is 1. The summed E-state index contributed by atoms with van der Waals surface area (Å²) in [4.78, 5) is 16.8. The Bertz CT molecular complexity index is 250. The van der Waals surface area contributed by atoms with Crippen molar-refractivity contribution in [1.29, 1.82) is 0 Å². The van der Waals surface area contributed by atoms with Crippen molar-refractivity contribution in [2.45, 2.75) is 40.0 Å². The molecule has 0 aromatic heterocycles. The molecule has 4 nitrogen and oxygen atoms in total. The Balaban J connectivity index is 0.000000921. The predicted molar refractivity (Wildman–Crippen MR) is 95.2 cm³/mol. The maximum Gasteiger partial charge on any atom is 0.225 e. The molecule has 1 amide bonds. The van der Waals surface area contributed by atoms with Gasteiger partial charge in [0, 0.05) is 32.1 Å². The van der Waals surface area contributed by atoms with E-state index in [2.05, 4.69) is 34.7 Å². The fourth-order valence-electron chi connectivity index (χ4n) is 2.86. The minimum Gasteiger partial charge on any atom is -0.340 e. The molecule has 0 saturated carbocycles. The van der Waals surface area contributed by atoms with E-state index in [-0.39, 0.29) is 0 Å². The van der Waals surface area contributed by atoms with Crippen molar-refractivity contribution in [2.75, 3.05) is 52.1 Å². The molecular weight excluding hydrogens is 282 g/mol. The van der Waals surface area contributed by atoms with Crippen molar-refractivity contribution < 1.29 is 4.79 Å². The molecule has 2 rings (SSSR count). The van der Waals surface area contributed by atoms with Gasteiger partial charge in [-0.2, -0.15) is 12.6 Å². The number of thiol groups is 1. The largest absolute Gasteiger partial charge is 0.340 e. The van der Waals surface area contributed by atoms with Crippen LogP contribution in [0.3, 0.4) is 0 Å². The van der Waals surface area contributed by atoms with Gasteiger partial charge < -0.3 is 15.1 Å². The first-order valence-corrected chi connectivity index (χ1v) is 9.37. The first kappa shape index (κ1) is 20.7. The highest BCUT2D eigenvalue weighted by molar-refractivity contribution is 7.79. The summed E-state index contributed by atoms with van der Waals surface area (Å²) in [6.07, 6.45) is 5.03. The second kappa shape index (κ2) is 13.4. The highest BCUT2D eigenvalue weighted by atomic mass is 32.1. The van der Waals surface area contributed by atoms with Crippen LogP contribution in [0.4, 0.5) is 0 Å². The van der Waals surface area contributed by atoms with Crippen LogP contribution in [0, 0.1) is 5.92 Å². The molecule has 2 fully saturated rings. The Hall–Kier alpha value is -0.260. The SMILES string of the molecule is CC.CCCN1CCC(C(=O)N2CCNCC2)CC1.CS. The molecule has 2 saturated heterocycles. The number of hydrogen-bond acceptors (Lipinski definition) is 4. The Morgan fingerprint density at radius 1 is 1.10 bits per heavy atom. The molecule has 2 heterocycles. The Morgan fingerprint density at radius 2 is 1.62 bits per heavy atom. The maximum atomic E-state index is 12.3. The van der Waals surface area contributed by atoms with Gasteiger partial charge in [-0.15, -0.1) is 0 Å². The molecule has 0 aromatic rings. The monoisotopic (exact) mass is 317 g/mol. The lowest BCUT2D eigenvalue weighted by Gasteiger charge is -2.35. The van der Waals surface area contributed by atoms with Crippen LogP contribution in [0.15, 0.2) is 0 Å². The summed E-state index contributed by atoms with van der Waals surface area (Å²) in [5.41, 5.74) is 0. The van der Waals surface area contributed by atoms with E-state index >= 15 is 0 Å². The number of carbonyl (C=O) groups is 1. The number of amides is 1. The molecule has 0 atom stereocenters. The van der Waals surface area contributed by atoms with E-state index in [1.807, 2.05) is 13.8 Å². The normalized spacial score (nSPS) is 20.0. The van der Waals surface area contributed by atoms with Gasteiger partial charge in [0.2, 0.25) is 5.91 Å². The van der Waals surface area contributed by atoms with Gasteiger partial charge in [-0.3, -0.25) is 4.79 Å². The lowest BCUT2D eigenvalue weighted by Crippen LogP contribution is -2.50. The minimum absolute atomic E-state index is 0.293. The third kappa shape index (κ3) is 7.52. The van der Waals surface area contributed by atoms with Crippen LogP contribution in [0.2, 0.25) is 0 Å².